The van der Waals surface area contributed by atoms with Gasteiger partial charge in [-0.05, 0) is 42.7 Å². The number of aromatic nitrogens is 2. The molecule has 1 aromatic heterocycles. The summed E-state index contributed by atoms with van der Waals surface area (Å²) in [6.45, 7) is 1.54. The molecular formula is C21H19N3O4S. The van der Waals surface area contributed by atoms with Crippen molar-refractivity contribution in [2.75, 3.05) is 30.9 Å². The van der Waals surface area contributed by atoms with Gasteiger partial charge in [0.15, 0.2) is 11.5 Å². The molecule has 29 heavy (non-hydrogen) atoms. The number of thioether (sulfide) groups is 1. The van der Waals surface area contributed by atoms with Crippen molar-refractivity contribution in [3.05, 3.63) is 48.4 Å². The molecule has 1 unspecified atom stereocenters. The Kier molecular flexibility index (Phi) is 4.63. The second kappa shape index (κ2) is 7.44. The van der Waals surface area contributed by atoms with E-state index >= 15 is 0 Å². The minimum absolute atomic E-state index is 0.0238. The van der Waals surface area contributed by atoms with Crippen molar-refractivity contribution in [3.63, 3.8) is 0 Å². The maximum Gasteiger partial charge on any atom is 0.232 e. The van der Waals surface area contributed by atoms with Crippen molar-refractivity contribution in [2.24, 2.45) is 0 Å². The highest BCUT2D eigenvalue weighted by molar-refractivity contribution is 7.98. The van der Waals surface area contributed by atoms with E-state index in [1.165, 1.54) is 4.90 Å². The van der Waals surface area contributed by atoms with Crippen LogP contribution in [-0.4, -0.2) is 42.1 Å². The lowest BCUT2D eigenvalue weighted by molar-refractivity contribution is -0.117. The van der Waals surface area contributed by atoms with E-state index in [1.54, 1.807) is 16.7 Å². The summed E-state index contributed by atoms with van der Waals surface area (Å²) in [5, 5.41) is 4.11. The van der Waals surface area contributed by atoms with Crippen LogP contribution in [0.15, 0.2) is 51.9 Å². The van der Waals surface area contributed by atoms with Gasteiger partial charge in [-0.3, -0.25) is 4.79 Å². The zero-order valence-corrected chi connectivity index (χ0v) is 16.6. The highest BCUT2D eigenvalue weighted by Crippen LogP contribution is 2.37. The smallest absolute Gasteiger partial charge is 0.232 e. The summed E-state index contributed by atoms with van der Waals surface area (Å²) >= 11 is 1.68. The molecule has 0 saturated carbocycles. The highest BCUT2D eigenvalue weighted by Gasteiger charge is 2.35. The zero-order chi connectivity index (χ0) is 19.8. The average Bonchev–Trinajstić information content (AvgIpc) is 3.40. The molecule has 3 heterocycles. The molecule has 3 aromatic rings. The van der Waals surface area contributed by atoms with Crippen LogP contribution in [0.25, 0.3) is 11.4 Å². The van der Waals surface area contributed by atoms with Crippen molar-refractivity contribution in [2.45, 2.75) is 17.2 Å². The molecule has 1 atom stereocenters. The first-order chi connectivity index (χ1) is 14.2. The lowest BCUT2D eigenvalue weighted by atomic mass is 10.1. The Morgan fingerprint density at radius 1 is 1.07 bits per heavy atom. The molecule has 0 aliphatic carbocycles. The van der Waals surface area contributed by atoms with Gasteiger partial charge in [-0.2, -0.15) is 4.98 Å². The Balaban J connectivity index is 1.34. The first-order valence-electron chi connectivity index (χ1n) is 9.39. The summed E-state index contributed by atoms with van der Waals surface area (Å²) in [5.74, 6) is 2.29. The standard InChI is InChI=1S/C21H19N3O4S/c1-29-16-5-2-13(3-6-16)20-22-21(28-23-20)14-10-19(25)24(12-14)15-4-7-17-18(11-15)27-9-8-26-17/h2-7,11,14H,8-10,12H2,1H3. The fourth-order valence-corrected chi connectivity index (χ4v) is 3.99. The number of benzene rings is 2. The number of fused-ring (bicyclic) bond motifs is 1. The summed E-state index contributed by atoms with van der Waals surface area (Å²) in [4.78, 5) is 20.1. The van der Waals surface area contributed by atoms with Crippen LogP contribution < -0.4 is 14.4 Å². The van der Waals surface area contributed by atoms with Crippen molar-refractivity contribution < 1.29 is 18.8 Å². The van der Waals surface area contributed by atoms with E-state index in [0.29, 0.717) is 49.4 Å². The fraction of sp³-hybridized carbons (Fsp3) is 0.286. The first-order valence-corrected chi connectivity index (χ1v) is 10.6. The minimum Gasteiger partial charge on any atom is -0.486 e. The quantitative estimate of drug-likeness (QED) is 0.607. The van der Waals surface area contributed by atoms with Crippen molar-refractivity contribution in [1.29, 1.82) is 0 Å². The molecule has 0 spiro atoms. The number of ether oxygens (including phenoxy) is 2. The number of hydrogen-bond donors (Lipinski definition) is 0. The SMILES string of the molecule is CSc1ccc(-c2noc(C3CC(=O)N(c4ccc5c(c4)OCCO5)C3)n2)cc1. The molecule has 0 radical (unpaired) electrons. The van der Waals surface area contributed by atoms with Crippen LogP contribution in [-0.2, 0) is 4.79 Å². The normalized spacial score (nSPS) is 18.3. The molecule has 8 heteroatoms. The average molecular weight is 409 g/mol. The Labute approximate surface area is 172 Å². The topological polar surface area (TPSA) is 77.7 Å². The predicted octanol–water partition coefficient (Wildman–Crippen LogP) is 3.75. The van der Waals surface area contributed by atoms with Gasteiger partial charge in [-0.25, -0.2) is 0 Å². The summed E-state index contributed by atoms with van der Waals surface area (Å²) in [7, 11) is 0. The summed E-state index contributed by atoms with van der Waals surface area (Å²) < 4.78 is 16.7. The summed E-state index contributed by atoms with van der Waals surface area (Å²) in [6.07, 6.45) is 2.37. The zero-order valence-electron chi connectivity index (χ0n) is 15.8. The number of carbonyl (C=O) groups excluding carboxylic acids is 1. The van der Waals surface area contributed by atoms with Crippen LogP contribution in [0.3, 0.4) is 0 Å². The van der Waals surface area contributed by atoms with Crippen LogP contribution in [0.4, 0.5) is 5.69 Å². The van der Waals surface area contributed by atoms with E-state index in [9.17, 15) is 4.79 Å². The molecule has 148 valence electrons. The largest absolute Gasteiger partial charge is 0.486 e. The second-order valence-electron chi connectivity index (χ2n) is 6.92. The van der Waals surface area contributed by atoms with E-state index in [-0.39, 0.29) is 11.8 Å². The van der Waals surface area contributed by atoms with Crippen LogP contribution >= 0.6 is 11.8 Å². The number of carbonyl (C=O) groups is 1. The van der Waals surface area contributed by atoms with Crippen LogP contribution in [0.1, 0.15) is 18.2 Å². The third kappa shape index (κ3) is 3.44. The molecule has 5 rings (SSSR count). The number of nitrogens with zero attached hydrogens (tertiary/aromatic N) is 3. The molecule has 1 saturated heterocycles. The minimum atomic E-state index is -0.137. The maximum absolute atomic E-state index is 12.6. The number of hydrogen-bond acceptors (Lipinski definition) is 7. The highest BCUT2D eigenvalue weighted by atomic mass is 32.2. The van der Waals surface area contributed by atoms with Gasteiger partial charge in [-0.15, -0.1) is 11.8 Å². The second-order valence-corrected chi connectivity index (χ2v) is 7.80. The fourth-order valence-electron chi connectivity index (χ4n) is 3.58. The van der Waals surface area contributed by atoms with Gasteiger partial charge in [0.1, 0.15) is 13.2 Å². The maximum atomic E-state index is 12.6. The van der Waals surface area contributed by atoms with Crippen LogP contribution in [0.5, 0.6) is 11.5 Å². The van der Waals surface area contributed by atoms with Gasteiger partial charge >= 0.3 is 0 Å². The van der Waals surface area contributed by atoms with Gasteiger partial charge in [0.25, 0.3) is 0 Å². The van der Waals surface area contributed by atoms with Crippen LogP contribution in [0.2, 0.25) is 0 Å². The van der Waals surface area contributed by atoms with E-state index in [2.05, 4.69) is 10.1 Å². The Morgan fingerprint density at radius 3 is 2.66 bits per heavy atom. The van der Waals surface area contributed by atoms with E-state index < -0.39 is 0 Å². The molecule has 2 aliphatic rings. The van der Waals surface area contributed by atoms with Gasteiger partial charge in [0, 0.05) is 35.2 Å². The molecule has 2 aromatic carbocycles. The van der Waals surface area contributed by atoms with Crippen LogP contribution in [0, 0.1) is 0 Å². The van der Waals surface area contributed by atoms with Gasteiger partial charge in [0.2, 0.25) is 17.6 Å². The van der Waals surface area contributed by atoms with Gasteiger partial charge in [-0.1, -0.05) is 5.16 Å². The number of rotatable bonds is 4. The Hall–Kier alpha value is -3.00. The summed E-state index contributed by atoms with van der Waals surface area (Å²) in [6, 6.07) is 13.6. The first kappa shape index (κ1) is 18.1. The lowest BCUT2D eigenvalue weighted by Gasteiger charge is -2.22. The number of amides is 1. The predicted molar refractivity (Wildman–Crippen MR) is 109 cm³/mol. The van der Waals surface area contributed by atoms with Crippen molar-refractivity contribution in [1.82, 2.24) is 10.1 Å². The van der Waals surface area contributed by atoms with Gasteiger partial charge in [0.05, 0.1) is 5.92 Å². The Bertz CT molecular complexity index is 1050. The monoisotopic (exact) mass is 409 g/mol. The Morgan fingerprint density at radius 2 is 1.86 bits per heavy atom. The van der Waals surface area contributed by atoms with E-state index in [1.807, 2.05) is 48.7 Å². The molecule has 7 nitrogen and oxygen atoms in total. The number of anilines is 1. The third-order valence-electron chi connectivity index (χ3n) is 5.10. The van der Waals surface area contributed by atoms with Gasteiger partial charge < -0.3 is 18.9 Å². The molecule has 1 fully saturated rings. The molecular weight excluding hydrogens is 390 g/mol. The molecule has 0 bridgehead atoms. The van der Waals surface area contributed by atoms with Crippen molar-refractivity contribution >= 4 is 23.4 Å². The van der Waals surface area contributed by atoms with E-state index in [4.69, 9.17) is 14.0 Å². The molecule has 0 N–H and O–H groups in total. The molecule has 2 aliphatic heterocycles. The van der Waals surface area contributed by atoms with E-state index in [0.717, 1.165) is 11.3 Å². The third-order valence-corrected chi connectivity index (χ3v) is 5.85. The van der Waals surface area contributed by atoms with Crippen molar-refractivity contribution in [3.8, 4) is 22.9 Å². The summed E-state index contributed by atoms with van der Waals surface area (Å²) in [5.41, 5.74) is 1.68. The lowest BCUT2D eigenvalue weighted by Crippen LogP contribution is -2.24. The molecule has 1 amide bonds.